The summed E-state index contributed by atoms with van der Waals surface area (Å²) in [6.45, 7) is 0. The van der Waals surface area contributed by atoms with E-state index in [1.807, 2.05) is 0 Å². The second-order valence-corrected chi connectivity index (χ2v) is 3.31. The van der Waals surface area contributed by atoms with Gasteiger partial charge in [0, 0.05) is 5.88 Å². The van der Waals surface area contributed by atoms with E-state index in [9.17, 15) is 10.1 Å². The van der Waals surface area contributed by atoms with Crippen molar-refractivity contribution in [2.75, 3.05) is 0 Å². The van der Waals surface area contributed by atoms with Gasteiger partial charge in [-0.15, -0.1) is 11.6 Å². The summed E-state index contributed by atoms with van der Waals surface area (Å²) < 4.78 is 0. The smallest absolute Gasteiger partial charge is 0.258 e. The van der Waals surface area contributed by atoms with E-state index < -0.39 is 4.92 Å². The van der Waals surface area contributed by atoms with E-state index in [2.05, 4.69) is 0 Å². The van der Waals surface area contributed by atoms with Crippen LogP contribution >= 0.6 is 34.8 Å². The quantitative estimate of drug-likeness (QED) is 0.450. The molecule has 1 aromatic carbocycles. The van der Waals surface area contributed by atoms with Crippen molar-refractivity contribution in [2.45, 2.75) is 5.88 Å². The molecule has 0 N–H and O–H groups in total. The first kappa shape index (κ1) is 10.6. The summed E-state index contributed by atoms with van der Waals surface area (Å²) in [5.74, 6) is 0.122. The predicted molar refractivity (Wildman–Crippen MR) is 52.7 cm³/mol. The van der Waals surface area contributed by atoms with E-state index in [-0.39, 0.29) is 21.6 Å². The minimum Gasteiger partial charge on any atom is -0.258 e. The molecule has 0 unspecified atom stereocenters. The van der Waals surface area contributed by atoms with Crippen LogP contribution in [0.25, 0.3) is 0 Å². The van der Waals surface area contributed by atoms with Crippen molar-refractivity contribution in [3.8, 4) is 0 Å². The topological polar surface area (TPSA) is 43.1 Å². The summed E-state index contributed by atoms with van der Waals surface area (Å²) in [5.41, 5.74) is 0.209. The average Bonchev–Trinajstić information content (AvgIpc) is 2.04. The maximum Gasteiger partial charge on any atom is 0.306 e. The number of nitro benzene ring substituents is 1. The van der Waals surface area contributed by atoms with Gasteiger partial charge in [0.05, 0.1) is 4.92 Å². The highest BCUT2D eigenvalue weighted by Crippen LogP contribution is 2.35. The van der Waals surface area contributed by atoms with Crippen LogP contribution < -0.4 is 0 Å². The summed E-state index contributed by atoms with van der Waals surface area (Å²) in [5, 5.41) is 10.5. The summed E-state index contributed by atoms with van der Waals surface area (Å²) >= 11 is 16.8. The number of nitrogens with zero attached hydrogens (tertiary/aromatic N) is 1. The van der Waals surface area contributed by atoms with Gasteiger partial charge in [0.15, 0.2) is 0 Å². The Bertz CT molecular complexity index is 354. The summed E-state index contributed by atoms with van der Waals surface area (Å²) in [7, 11) is 0. The normalized spacial score (nSPS) is 10.1. The number of benzene rings is 1. The van der Waals surface area contributed by atoms with Gasteiger partial charge in [-0.1, -0.05) is 29.3 Å². The second-order valence-electron chi connectivity index (χ2n) is 2.26. The van der Waals surface area contributed by atoms with E-state index in [1.54, 1.807) is 6.07 Å². The highest BCUT2D eigenvalue weighted by atomic mass is 35.5. The molecule has 13 heavy (non-hydrogen) atoms. The average molecular weight is 240 g/mol. The third kappa shape index (κ3) is 2.05. The maximum atomic E-state index is 10.5. The van der Waals surface area contributed by atoms with Crippen molar-refractivity contribution in [3.05, 3.63) is 37.9 Å². The van der Waals surface area contributed by atoms with Crippen molar-refractivity contribution in [1.82, 2.24) is 0 Å². The molecule has 0 aromatic heterocycles. The zero-order valence-corrected chi connectivity index (χ0v) is 8.53. The van der Waals surface area contributed by atoms with Gasteiger partial charge in [0.2, 0.25) is 0 Å². The molecule has 1 rings (SSSR count). The molecule has 0 amide bonds. The van der Waals surface area contributed by atoms with Crippen LogP contribution in [-0.4, -0.2) is 4.92 Å². The van der Waals surface area contributed by atoms with Gasteiger partial charge in [0.1, 0.15) is 10.0 Å². The Morgan fingerprint density at radius 3 is 2.46 bits per heavy atom. The van der Waals surface area contributed by atoms with Gasteiger partial charge in [-0.05, 0) is 11.6 Å². The van der Waals surface area contributed by atoms with E-state index in [1.165, 1.54) is 6.07 Å². The van der Waals surface area contributed by atoms with E-state index >= 15 is 0 Å². The number of halogens is 3. The third-order valence-corrected chi connectivity index (χ3v) is 2.49. The number of rotatable bonds is 2. The lowest BCUT2D eigenvalue weighted by Crippen LogP contribution is -1.93. The Kier molecular flexibility index (Phi) is 3.36. The lowest BCUT2D eigenvalue weighted by molar-refractivity contribution is -0.384. The molecule has 3 nitrogen and oxygen atoms in total. The Hall–Kier alpha value is -0.510. The molecule has 70 valence electrons. The second kappa shape index (κ2) is 4.13. The van der Waals surface area contributed by atoms with E-state index in [4.69, 9.17) is 34.8 Å². The van der Waals surface area contributed by atoms with E-state index in [0.717, 1.165) is 0 Å². The monoisotopic (exact) mass is 239 g/mol. The first-order chi connectivity index (χ1) is 6.07. The molecular weight excluding hydrogens is 236 g/mol. The molecule has 0 atom stereocenters. The van der Waals surface area contributed by atoms with Crippen molar-refractivity contribution in [3.63, 3.8) is 0 Å². The minimum absolute atomic E-state index is 0.00694. The van der Waals surface area contributed by atoms with Gasteiger partial charge < -0.3 is 0 Å². The number of hydrogen-bond donors (Lipinski definition) is 0. The van der Waals surface area contributed by atoms with Gasteiger partial charge in [0.25, 0.3) is 0 Å². The Morgan fingerprint density at radius 2 is 2.00 bits per heavy atom. The molecule has 0 radical (unpaired) electrons. The lowest BCUT2D eigenvalue weighted by Gasteiger charge is -2.01. The molecule has 0 aliphatic heterocycles. The molecule has 6 heteroatoms. The zero-order valence-electron chi connectivity index (χ0n) is 6.26. The van der Waals surface area contributed by atoms with Crippen LogP contribution in [0.4, 0.5) is 5.69 Å². The molecule has 0 heterocycles. The largest absolute Gasteiger partial charge is 0.306 e. The van der Waals surface area contributed by atoms with Crippen molar-refractivity contribution < 1.29 is 4.92 Å². The predicted octanol–water partition coefficient (Wildman–Crippen LogP) is 3.64. The first-order valence-electron chi connectivity index (χ1n) is 3.25. The van der Waals surface area contributed by atoms with Crippen LogP contribution in [0.1, 0.15) is 5.56 Å². The van der Waals surface area contributed by atoms with Crippen LogP contribution in [0, 0.1) is 10.1 Å². The maximum absolute atomic E-state index is 10.5. The number of nitro groups is 1. The Morgan fingerprint density at radius 1 is 1.38 bits per heavy atom. The van der Waals surface area contributed by atoms with Crippen LogP contribution in [0.3, 0.4) is 0 Å². The van der Waals surface area contributed by atoms with Crippen molar-refractivity contribution in [1.29, 1.82) is 0 Å². The molecule has 0 bridgehead atoms. The highest BCUT2D eigenvalue weighted by molar-refractivity contribution is 6.39. The molecule has 0 saturated heterocycles. The fourth-order valence-electron chi connectivity index (χ4n) is 0.853. The van der Waals surface area contributed by atoms with Crippen molar-refractivity contribution in [2.24, 2.45) is 0 Å². The van der Waals surface area contributed by atoms with Crippen LogP contribution in [0.2, 0.25) is 10.0 Å². The van der Waals surface area contributed by atoms with Gasteiger partial charge >= 0.3 is 5.69 Å². The van der Waals surface area contributed by atoms with Crippen molar-refractivity contribution >= 4 is 40.5 Å². The molecule has 0 aliphatic carbocycles. The molecule has 0 spiro atoms. The van der Waals surface area contributed by atoms with Crippen LogP contribution in [0.15, 0.2) is 12.1 Å². The molecular formula is C7H4Cl3NO2. The SMILES string of the molecule is O=[N+]([O-])c1c(Cl)ccc(CCl)c1Cl. The third-order valence-electron chi connectivity index (χ3n) is 1.47. The summed E-state index contributed by atoms with van der Waals surface area (Å²) in [6, 6.07) is 2.97. The first-order valence-corrected chi connectivity index (χ1v) is 4.54. The van der Waals surface area contributed by atoms with E-state index in [0.29, 0.717) is 5.56 Å². The standard InChI is InChI=1S/C7H4Cl3NO2/c8-3-4-1-2-5(9)7(6(4)10)11(12)13/h1-2H,3H2. The van der Waals surface area contributed by atoms with Crippen LogP contribution in [0.5, 0.6) is 0 Å². The highest BCUT2D eigenvalue weighted by Gasteiger charge is 2.19. The Labute approximate surface area is 89.4 Å². The summed E-state index contributed by atoms with van der Waals surface area (Å²) in [6.07, 6.45) is 0. The Balaban J connectivity index is 3.38. The summed E-state index contributed by atoms with van der Waals surface area (Å²) in [4.78, 5) is 9.88. The molecule has 0 aliphatic rings. The molecule has 0 saturated carbocycles. The number of alkyl halides is 1. The minimum atomic E-state index is -0.624. The number of hydrogen-bond acceptors (Lipinski definition) is 2. The van der Waals surface area contributed by atoms with Gasteiger partial charge in [-0.25, -0.2) is 0 Å². The van der Waals surface area contributed by atoms with Gasteiger partial charge in [-0.3, -0.25) is 10.1 Å². The fourth-order valence-corrected chi connectivity index (χ4v) is 1.72. The molecule has 0 fully saturated rings. The molecule has 1 aromatic rings. The lowest BCUT2D eigenvalue weighted by atomic mass is 10.2. The van der Waals surface area contributed by atoms with Crippen LogP contribution in [-0.2, 0) is 5.88 Å². The fraction of sp³-hybridized carbons (Fsp3) is 0.143. The zero-order chi connectivity index (χ0) is 10.0. The van der Waals surface area contributed by atoms with Gasteiger partial charge in [-0.2, -0.15) is 0 Å².